The van der Waals surface area contributed by atoms with E-state index in [9.17, 15) is 14.9 Å². The third-order valence-electron chi connectivity index (χ3n) is 3.06. The minimum Gasteiger partial charge on any atom is -0.481 e. The molecule has 7 heteroatoms. The van der Waals surface area contributed by atoms with Crippen LogP contribution >= 0.6 is 23.2 Å². The second-order valence-corrected chi connectivity index (χ2v) is 5.75. The summed E-state index contributed by atoms with van der Waals surface area (Å²) in [6.07, 6.45) is 1.33. The fourth-order valence-electron chi connectivity index (χ4n) is 2.02. The normalized spacial score (nSPS) is 10.8. The van der Waals surface area contributed by atoms with Crippen molar-refractivity contribution in [2.24, 2.45) is 0 Å². The van der Waals surface area contributed by atoms with Gasteiger partial charge >= 0.3 is 5.97 Å². The zero-order valence-electron chi connectivity index (χ0n) is 12.7. The first-order valence-electron chi connectivity index (χ1n) is 6.97. The van der Waals surface area contributed by atoms with Crippen molar-refractivity contribution in [3.63, 3.8) is 0 Å². The summed E-state index contributed by atoms with van der Waals surface area (Å²) in [5.74, 6) is -1.45. The molecule has 0 aromatic heterocycles. The number of carbonyl (C=O) groups is 2. The summed E-state index contributed by atoms with van der Waals surface area (Å²) >= 11 is 11.8. The summed E-state index contributed by atoms with van der Waals surface area (Å²) < 4.78 is 5.16. The molecule has 0 spiro atoms. The number of nitrogens with zero attached hydrogens (tertiary/aromatic N) is 1. The number of nitriles is 1. The van der Waals surface area contributed by atoms with Gasteiger partial charge in [-0.3, -0.25) is 4.79 Å². The van der Waals surface area contributed by atoms with Crippen LogP contribution in [0.3, 0.4) is 0 Å². The van der Waals surface area contributed by atoms with Gasteiger partial charge in [0, 0.05) is 21.2 Å². The van der Waals surface area contributed by atoms with Crippen molar-refractivity contribution in [2.75, 3.05) is 6.61 Å². The fourth-order valence-corrected chi connectivity index (χ4v) is 2.54. The quantitative estimate of drug-likeness (QED) is 0.463. The van der Waals surface area contributed by atoms with Crippen molar-refractivity contribution >= 4 is 41.0 Å². The number of benzene rings is 2. The molecule has 2 rings (SSSR count). The van der Waals surface area contributed by atoms with Gasteiger partial charge in [0.05, 0.1) is 0 Å². The molecule has 126 valence electrons. The van der Waals surface area contributed by atoms with Gasteiger partial charge in [-0.2, -0.15) is 5.26 Å². The first-order valence-corrected chi connectivity index (χ1v) is 7.72. The van der Waals surface area contributed by atoms with Crippen molar-refractivity contribution in [2.45, 2.75) is 0 Å². The van der Waals surface area contributed by atoms with E-state index in [-0.39, 0.29) is 26.9 Å². The molecule has 2 aromatic carbocycles. The molecule has 0 heterocycles. The highest BCUT2D eigenvalue weighted by Gasteiger charge is 2.15. The minimum atomic E-state index is -1.14. The Hall–Kier alpha value is -2.81. The van der Waals surface area contributed by atoms with Crippen molar-refractivity contribution in [3.05, 3.63) is 69.2 Å². The molecule has 0 radical (unpaired) electrons. The molecule has 1 N–H and O–H groups in total. The van der Waals surface area contributed by atoms with Crippen LogP contribution in [-0.2, 0) is 4.79 Å². The Morgan fingerprint density at radius 3 is 2.40 bits per heavy atom. The van der Waals surface area contributed by atoms with Gasteiger partial charge in [0.1, 0.15) is 17.4 Å². The van der Waals surface area contributed by atoms with E-state index in [1.54, 1.807) is 24.3 Å². The van der Waals surface area contributed by atoms with Gasteiger partial charge in [-0.25, -0.2) is 4.79 Å². The molecule has 25 heavy (non-hydrogen) atoms. The van der Waals surface area contributed by atoms with E-state index in [4.69, 9.17) is 33.0 Å². The Balaban J connectivity index is 2.39. The number of carbonyl (C=O) groups excluding carboxylic acids is 1. The lowest BCUT2D eigenvalue weighted by atomic mass is 10.0. The molecule has 2 aromatic rings. The highest BCUT2D eigenvalue weighted by Crippen LogP contribution is 2.24. The molecule has 0 saturated carbocycles. The van der Waals surface area contributed by atoms with Crippen LogP contribution in [0.1, 0.15) is 15.9 Å². The zero-order chi connectivity index (χ0) is 18.4. The first-order chi connectivity index (χ1) is 11.9. The lowest BCUT2D eigenvalue weighted by Gasteiger charge is -2.07. The van der Waals surface area contributed by atoms with E-state index in [1.807, 2.05) is 6.07 Å². The van der Waals surface area contributed by atoms with Gasteiger partial charge in [-0.05, 0) is 30.3 Å². The van der Waals surface area contributed by atoms with Crippen LogP contribution in [0.25, 0.3) is 6.08 Å². The number of halogens is 2. The third kappa shape index (κ3) is 5.08. The van der Waals surface area contributed by atoms with Crippen LogP contribution in [-0.4, -0.2) is 23.5 Å². The van der Waals surface area contributed by atoms with Gasteiger partial charge in [0.25, 0.3) is 0 Å². The van der Waals surface area contributed by atoms with E-state index in [1.165, 1.54) is 24.3 Å². The number of hydrogen-bond donors (Lipinski definition) is 1. The van der Waals surface area contributed by atoms with Crippen LogP contribution in [0.4, 0.5) is 0 Å². The predicted octanol–water partition coefficient (Wildman–Crippen LogP) is 4.25. The lowest BCUT2D eigenvalue weighted by molar-refractivity contribution is -0.139. The summed E-state index contributed by atoms with van der Waals surface area (Å²) in [4.78, 5) is 23.2. The molecular formula is C18H11Cl2NO4. The molecule has 0 aliphatic rings. The SMILES string of the molecule is N#C/C(=C\c1ccccc1OCC(=O)O)C(=O)c1cc(Cl)cc(Cl)c1. The summed E-state index contributed by atoms with van der Waals surface area (Å²) in [6, 6.07) is 12.6. The summed E-state index contributed by atoms with van der Waals surface area (Å²) in [5, 5.41) is 18.6. The number of Topliss-reactive ketones (excluding diaryl/α,β-unsaturated/α-hetero) is 1. The van der Waals surface area contributed by atoms with Crippen molar-refractivity contribution in [1.82, 2.24) is 0 Å². The summed E-state index contributed by atoms with van der Waals surface area (Å²) in [7, 11) is 0. The molecule has 0 unspecified atom stereocenters. The van der Waals surface area contributed by atoms with Gasteiger partial charge in [-0.15, -0.1) is 0 Å². The molecule has 0 aliphatic carbocycles. The maximum Gasteiger partial charge on any atom is 0.341 e. The molecule has 0 aliphatic heterocycles. The van der Waals surface area contributed by atoms with Crippen molar-refractivity contribution in [3.8, 4) is 11.8 Å². The maximum atomic E-state index is 12.5. The van der Waals surface area contributed by atoms with Crippen LogP contribution < -0.4 is 4.74 Å². The second-order valence-electron chi connectivity index (χ2n) is 4.88. The average Bonchev–Trinajstić information content (AvgIpc) is 2.57. The molecule has 0 atom stereocenters. The van der Waals surface area contributed by atoms with E-state index in [0.717, 1.165) is 0 Å². The van der Waals surface area contributed by atoms with Crippen molar-refractivity contribution < 1.29 is 19.4 Å². The molecule has 0 saturated heterocycles. The molecular weight excluding hydrogens is 365 g/mol. The number of ether oxygens (including phenoxy) is 1. The standard InChI is InChI=1S/C18H11Cl2NO4/c19-14-6-12(7-15(20)8-14)18(24)13(9-21)5-11-3-1-2-4-16(11)25-10-17(22)23/h1-8H,10H2,(H,22,23)/b13-5+. The van der Waals surface area contributed by atoms with Gasteiger partial charge in [0.2, 0.25) is 5.78 Å². The number of para-hydroxylation sites is 1. The van der Waals surface area contributed by atoms with Crippen LogP contribution in [0.15, 0.2) is 48.0 Å². The van der Waals surface area contributed by atoms with E-state index >= 15 is 0 Å². The number of rotatable bonds is 6. The highest BCUT2D eigenvalue weighted by atomic mass is 35.5. The summed E-state index contributed by atoms with van der Waals surface area (Å²) in [6.45, 7) is -0.537. The number of allylic oxidation sites excluding steroid dienone is 1. The van der Waals surface area contributed by atoms with E-state index < -0.39 is 18.4 Å². The fraction of sp³-hybridized carbons (Fsp3) is 0.0556. The summed E-state index contributed by atoms with van der Waals surface area (Å²) in [5.41, 5.74) is 0.417. The molecule has 5 nitrogen and oxygen atoms in total. The van der Waals surface area contributed by atoms with Gasteiger partial charge in [0.15, 0.2) is 6.61 Å². The number of carboxylic acid groups (broad SMARTS) is 1. The molecule has 0 fully saturated rings. The number of hydrogen-bond acceptors (Lipinski definition) is 4. The van der Waals surface area contributed by atoms with Crippen LogP contribution in [0.2, 0.25) is 10.0 Å². The van der Waals surface area contributed by atoms with E-state index in [0.29, 0.717) is 5.56 Å². The molecule has 0 amide bonds. The van der Waals surface area contributed by atoms with E-state index in [2.05, 4.69) is 0 Å². The monoisotopic (exact) mass is 375 g/mol. The highest BCUT2D eigenvalue weighted by molar-refractivity contribution is 6.35. The Morgan fingerprint density at radius 1 is 1.16 bits per heavy atom. The van der Waals surface area contributed by atoms with Gasteiger partial charge in [-0.1, -0.05) is 41.4 Å². The Morgan fingerprint density at radius 2 is 1.80 bits per heavy atom. The Kier molecular flexibility index (Phi) is 6.18. The first kappa shape index (κ1) is 18.5. The maximum absolute atomic E-state index is 12.5. The number of carboxylic acids is 1. The average molecular weight is 376 g/mol. The second kappa shape index (κ2) is 8.34. The van der Waals surface area contributed by atoms with Crippen LogP contribution in [0.5, 0.6) is 5.75 Å². The van der Waals surface area contributed by atoms with Crippen LogP contribution in [0, 0.1) is 11.3 Å². The Labute approximate surface area is 153 Å². The Bertz CT molecular complexity index is 880. The molecule has 0 bridgehead atoms. The topological polar surface area (TPSA) is 87.4 Å². The van der Waals surface area contributed by atoms with Gasteiger partial charge < -0.3 is 9.84 Å². The smallest absolute Gasteiger partial charge is 0.341 e. The zero-order valence-corrected chi connectivity index (χ0v) is 14.2. The predicted molar refractivity (Wildman–Crippen MR) is 94.0 cm³/mol. The minimum absolute atomic E-state index is 0.162. The number of aliphatic carboxylic acids is 1. The third-order valence-corrected chi connectivity index (χ3v) is 3.50. The lowest BCUT2D eigenvalue weighted by Crippen LogP contribution is -2.10. The van der Waals surface area contributed by atoms with Crippen molar-refractivity contribution in [1.29, 1.82) is 5.26 Å². The largest absolute Gasteiger partial charge is 0.481 e. The number of ketones is 1.